The minimum absolute atomic E-state index is 0.125. The molecule has 3 fully saturated rings. The van der Waals surface area contributed by atoms with Crippen molar-refractivity contribution in [3.8, 4) is 0 Å². The molecule has 0 aromatic carbocycles. The molecule has 2 saturated carbocycles. The molecule has 190 valence electrons. The van der Waals surface area contributed by atoms with Crippen LogP contribution in [0.4, 0.5) is 18.0 Å². The van der Waals surface area contributed by atoms with Gasteiger partial charge in [-0.15, -0.1) is 0 Å². The lowest BCUT2D eigenvalue weighted by atomic mass is 9.86. The smallest absolute Gasteiger partial charge is 0.410 e. The van der Waals surface area contributed by atoms with Crippen LogP contribution in [0, 0.1) is 11.7 Å². The van der Waals surface area contributed by atoms with Crippen LogP contribution in [0.15, 0.2) is 6.20 Å². The third kappa shape index (κ3) is 4.87. The molecule has 1 N–H and O–H groups in total. The molecule has 0 spiro atoms. The van der Waals surface area contributed by atoms with Crippen LogP contribution >= 0.6 is 0 Å². The highest BCUT2D eigenvalue weighted by atomic mass is 32.2. The molecule has 34 heavy (non-hydrogen) atoms. The number of aromatic nitrogens is 2. The topological polar surface area (TPSA) is 111 Å². The number of likely N-dealkylation sites (tertiary alicyclic amines) is 1. The fraction of sp³-hybridized carbons (Fsp3) is 0.762. The van der Waals surface area contributed by atoms with Crippen molar-refractivity contribution < 1.29 is 35.9 Å². The third-order valence-electron chi connectivity index (χ3n) is 7.26. The maximum absolute atomic E-state index is 13.6. The molecule has 9 nitrogen and oxygen atoms in total. The SMILES string of the molecule is COC(=O)N1[C@H](C)C[C@H](NS(C)(=O)=O)[C@@H]1COC1CCC2(c3ncc(F)c(C(F)F)n3)CC2C1. The minimum atomic E-state index is -3.49. The zero-order valence-electron chi connectivity index (χ0n) is 19.2. The quantitative estimate of drug-likeness (QED) is 0.605. The van der Waals surface area contributed by atoms with E-state index in [-0.39, 0.29) is 30.5 Å². The Morgan fingerprint density at radius 3 is 2.74 bits per heavy atom. The fourth-order valence-electron chi connectivity index (χ4n) is 5.57. The molecule has 1 saturated heterocycles. The molecule has 1 aromatic heterocycles. The van der Waals surface area contributed by atoms with Gasteiger partial charge in [0.2, 0.25) is 10.0 Å². The zero-order chi connectivity index (χ0) is 24.8. The highest BCUT2D eigenvalue weighted by Gasteiger charge is 2.60. The minimum Gasteiger partial charge on any atom is -0.453 e. The van der Waals surface area contributed by atoms with Gasteiger partial charge in [0.1, 0.15) is 11.5 Å². The van der Waals surface area contributed by atoms with Crippen molar-refractivity contribution in [1.82, 2.24) is 19.6 Å². The van der Waals surface area contributed by atoms with Crippen LogP contribution in [0.2, 0.25) is 0 Å². The van der Waals surface area contributed by atoms with Gasteiger partial charge in [0.25, 0.3) is 6.43 Å². The van der Waals surface area contributed by atoms with Gasteiger partial charge in [-0.3, -0.25) is 4.90 Å². The molecule has 3 unspecified atom stereocenters. The number of fused-ring (bicyclic) bond motifs is 1. The molecule has 1 aromatic rings. The van der Waals surface area contributed by atoms with Crippen molar-refractivity contribution in [3.63, 3.8) is 0 Å². The number of alkyl halides is 2. The normalized spacial score (nSPS) is 33.1. The van der Waals surface area contributed by atoms with E-state index in [1.54, 1.807) is 0 Å². The average Bonchev–Trinajstić information content (AvgIpc) is 3.41. The van der Waals surface area contributed by atoms with Gasteiger partial charge in [0.05, 0.1) is 38.3 Å². The molecule has 3 aliphatic rings. The Kier molecular flexibility index (Phi) is 6.82. The van der Waals surface area contributed by atoms with Crippen molar-refractivity contribution >= 4 is 16.1 Å². The highest BCUT2D eigenvalue weighted by molar-refractivity contribution is 7.88. The van der Waals surface area contributed by atoms with Gasteiger partial charge in [-0.25, -0.2) is 41.1 Å². The summed E-state index contributed by atoms with van der Waals surface area (Å²) < 4.78 is 77.0. The van der Waals surface area contributed by atoms with E-state index in [9.17, 15) is 26.4 Å². The Labute approximate surface area is 196 Å². The maximum Gasteiger partial charge on any atom is 0.410 e. The van der Waals surface area contributed by atoms with Crippen LogP contribution in [0.1, 0.15) is 57.0 Å². The fourth-order valence-corrected chi connectivity index (χ4v) is 6.38. The van der Waals surface area contributed by atoms with Crippen LogP contribution in [0.5, 0.6) is 0 Å². The highest BCUT2D eigenvalue weighted by Crippen LogP contribution is 2.61. The standard InChI is InChI=1S/C21H29F3N4O5S/c1-11-6-15(27-34(3,30)31)16(28(11)20(29)32-2)10-33-13-4-5-21(8-12(21)7-13)19-25-9-14(22)17(26-19)18(23)24/h9,11-13,15-16,18,27H,4-8,10H2,1-3H3/t11-,12?,13?,15+,16+,21?/m1/s1. The maximum atomic E-state index is 13.6. The van der Waals surface area contributed by atoms with Gasteiger partial charge < -0.3 is 9.47 Å². The van der Waals surface area contributed by atoms with Crippen LogP contribution < -0.4 is 4.72 Å². The van der Waals surface area contributed by atoms with E-state index in [1.165, 1.54) is 12.0 Å². The lowest BCUT2D eigenvalue weighted by Gasteiger charge is -2.32. The number of halogens is 3. The van der Waals surface area contributed by atoms with Gasteiger partial charge in [0.15, 0.2) is 5.82 Å². The van der Waals surface area contributed by atoms with Gasteiger partial charge in [-0.1, -0.05) is 0 Å². The molecular formula is C21H29F3N4O5S. The van der Waals surface area contributed by atoms with Crippen LogP contribution in [0.3, 0.4) is 0 Å². The summed E-state index contributed by atoms with van der Waals surface area (Å²) in [6.07, 6.45) is 1.21. The van der Waals surface area contributed by atoms with Crippen molar-refractivity contribution in [2.45, 2.75) is 75.1 Å². The molecule has 4 rings (SSSR count). The number of ether oxygens (including phenoxy) is 2. The third-order valence-corrected chi connectivity index (χ3v) is 7.99. The van der Waals surface area contributed by atoms with E-state index in [0.717, 1.165) is 12.5 Å². The van der Waals surface area contributed by atoms with Gasteiger partial charge in [-0.05, 0) is 44.9 Å². The molecule has 2 aliphatic carbocycles. The Morgan fingerprint density at radius 2 is 2.12 bits per heavy atom. The van der Waals surface area contributed by atoms with E-state index in [0.29, 0.717) is 32.1 Å². The van der Waals surface area contributed by atoms with Crippen LogP contribution in [-0.4, -0.2) is 73.6 Å². The first-order chi connectivity index (χ1) is 15.9. The number of nitrogens with one attached hydrogen (secondary N) is 1. The number of rotatable bonds is 7. The number of hydrogen-bond acceptors (Lipinski definition) is 7. The number of carbonyl (C=O) groups excluding carboxylic acids is 1. The molecule has 2 heterocycles. The van der Waals surface area contributed by atoms with Crippen molar-refractivity contribution in [3.05, 3.63) is 23.5 Å². The summed E-state index contributed by atoms with van der Waals surface area (Å²) >= 11 is 0. The lowest BCUT2D eigenvalue weighted by Crippen LogP contribution is -2.50. The molecular weight excluding hydrogens is 477 g/mol. The molecule has 0 bridgehead atoms. The summed E-state index contributed by atoms with van der Waals surface area (Å²) in [5.74, 6) is -0.722. The zero-order valence-corrected chi connectivity index (χ0v) is 20.0. The van der Waals surface area contributed by atoms with E-state index >= 15 is 0 Å². The predicted molar refractivity (Wildman–Crippen MR) is 114 cm³/mol. The van der Waals surface area contributed by atoms with Gasteiger partial charge >= 0.3 is 6.09 Å². The van der Waals surface area contributed by atoms with E-state index in [2.05, 4.69) is 14.7 Å². The molecule has 6 atom stereocenters. The summed E-state index contributed by atoms with van der Waals surface area (Å²) in [6, 6.07) is -1.27. The molecule has 1 aliphatic heterocycles. The number of sulfonamides is 1. The Bertz CT molecular complexity index is 1050. The summed E-state index contributed by atoms with van der Waals surface area (Å²) in [6.45, 7) is 1.95. The van der Waals surface area contributed by atoms with Crippen LogP contribution in [-0.2, 0) is 24.9 Å². The number of hydrogen-bond donors (Lipinski definition) is 1. The predicted octanol–water partition coefficient (Wildman–Crippen LogP) is 2.53. The lowest BCUT2D eigenvalue weighted by molar-refractivity contribution is -0.0103. The first-order valence-corrected chi connectivity index (χ1v) is 13.1. The van der Waals surface area contributed by atoms with Crippen molar-refractivity contribution in [2.75, 3.05) is 20.0 Å². The van der Waals surface area contributed by atoms with Gasteiger partial charge in [-0.2, -0.15) is 0 Å². The monoisotopic (exact) mass is 506 g/mol. The van der Waals surface area contributed by atoms with E-state index in [1.807, 2.05) is 6.92 Å². The van der Waals surface area contributed by atoms with Crippen LogP contribution in [0.25, 0.3) is 0 Å². The first-order valence-electron chi connectivity index (χ1n) is 11.2. The summed E-state index contributed by atoms with van der Waals surface area (Å²) in [4.78, 5) is 21.7. The number of methoxy groups -OCH3 is 1. The first kappa shape index (κ1) is 25.1. The number of nitrogens with zero attached hydrogens (tertiary/aromatic N) is 3. The Hall–Kier alpha value is -1.99. The second kappa shape index (κ2) is 9.23. The number of amides is 1. The Balaban J connectivity index is 1.41. The Morgan fingerprint density at radius 1 is 1.38 bits per heavy atom. The summed E-state index contributed by atoms with van der Waals surface area (Å²) in [5, 5.41) is 0. The second-order valence-corrected chi connectivity index (χ2v) is 11.3. The molecule has 13 heteroatoms. The second-order valence-electron chi connectivity index (χ2n) is 9.54. The largest absolute Gasteiger partial charge is 0.453 e. The van der Waals surface area contributed by atoms with Crippen molar-refractivity contribution in [2.24, 2.45) is 5.92 Å². The van der Waals surface area contributed by atoms with E-state index in [4.69, 9.17) is 9.47 Å². The van der Waals surface area contributed by atoms with Gasteiger partial charge in [0, 0.05) is 17.5 Å². The summed E-state index contributed by atoms with van der Waals surface area (Å²) in [5.41, 5.74) is -1.30. The average molecular weight is 507 g/mol. The number of carbonyl (C=O) groups is 1. The molecule has 1 amide bonds. The summed E-state index contributed by atoms with van der Waals surface area (Å²) in [7, 11) is -2.22. The van der Waals surface area contributed by atoms with Crippen molar-refractivity contribution in [1.29, 1.82) is 0 Å². The van der Waals surface area contributed by atoms with E-state index < -0.39 is 51.6 Å². The molecule has 0 radical (unpaired) electrons.